The van der Waals surface area contributed by atoms with Crippen molar-refractivity contribution in [3.05, 3.63) is 30.3 Å². The minimum absolute atomic E-state index is 0. The number of rotatable bonds is 9. The van der Waals surface area contributed by atoms with Gasteiger partial charge in [0.25, 0.3) is 0 Å². The number of nitrogens with zero attached hydrogens (tertiary/aromatic N) is 3. The molecule has 1 heterocycles. The third kappa shape index (κ3) is 8.58. The second-order valence-electron chi connectivity index (χ2n) is 6.56. The number of hydrogen-bond acceptors (Lipinski definition) is 3. The van der Waals surface area contributed by atoms with Crippen LogP contribution in [-0.4, -0.2) is 63.2 Å². The zero-order valence-electron chi connectivity index (χ0n) is 16.4. The van der Waals surface area contributed by atoms with E-state index in [0.717, 1.165) is 45.1 Å². The smallest absolute Gasteiger partial charge is 0.191 e. The summed E-state index contributed by atoms with van der Waals surface area (Å²) in [5.41, 5.74) is 1.36. The molecular formula is C20H36IN5. The molecule has 1 aromatic rings. The van der Waals surface area contributed by atoms with E-state index in [9.17, 15) is 0 Å². The molecule has 0 bridgehead atoms. The minimum Gasteiger partial charge on any atom is -0.369 e. The van der Waals surface area contributed by atoms with E-state index in [4.69, 9.17) is 0 Å². The van der Waals surface area contributed by atoms with Crippen LogP contribution in [0, 0.1) is 0 Å². The summed E-state index contributed by atoms with van der Waals surface area (Å²) in [7, 11) is 0. The van der Waals surface area contributed by atoms with Gasteiger partial charge in [-0.1, -0.05) is 25.1 Å². The molecule has 1 fully saturated rings. The standard InChI is InChI=1S/C20H35N5.HI/c1-3-12-22-20(21-4-2)23-13-8-9-14-24-15-17-25(18-16-24)19-10-6-5-7-11-19;/h5-7,10-11H,3-4,8-9,12-18H2,1-2H3,(H2,21,22,23);1H. The van der Waals surface area contributed by atoms with Crippen molar-refractivity contribution >= 4 is 35.6 Å². The number of anilines is 1. The normalized spacial score (nSPS) is 15.5. The highest BCUT2D eigenvalue weighted by Crippen LogP contribution is 2.15. The fourth-order valence-electron chi connectivity index (χ4n) is 3.10. The number of nitrogens with one attached hydrogen (secondary N) is 2. The molecule has 0 atom stereocenters. The first kappa shape index (κ1) is 23.0. The van der Waals surface area contributed by atoms with E-state index in [-0.39, 0.29) is 24.0 Å². The number of hydrogen-bond donors (Lipinski definition) is 2. The topological polar surface area (TPSA) is 42.9 Å². The van der Waals surface area contributed by atoms with E-state index in [0.29, 0.717) is 0 Å². The van der Waals surface area contributed by atoms with Crippen LogP contribution in [0.5, 0.6) is 0 Å². The van der Waals surface area contributed by atoms with Gasteiger partial charge in [0, 0.05) is 51.5 Å². The van der Waals surface area contributed by atoms with Crippen LogP contribution in [0.25, 0.3) is 0 Å². The number of benzene rings is 1. The molecular weight excluding hydrogens is 437 g/mol. The highest BCUT2D eigenvalue weighted by atomic mass is 127. The van der Waals surface area contributed by atoms with Crippen molar-refractivity contribution in [2.75, 3.05) is 57.3 Å². The van der Waals surface area contributed by atoms with Gasteiger partial charge in [0.15, 0.2) is 5.96 Å². The molecule has 0 radical (unpaired) electrons. The van der Waals surface area contributed by atoms with Crippen LogP contribution in [0.3, 0.4) is 0 Å². The second kappa shape index (κ2) is 14.1. The maximum atomic E-state index is 4.54. The lowest BCUT2D eigenvalue weighted by atomic mass is 10.2. The predicted octanol–water partition coefficient (Wildman–Crippen LogP) is 3.17. The van der Waals surface area contributed by atoms with Crippen molar-refractivity contribution in [2.45, 2.75) is 33.1 Å². The quantitative estimate of drug-likeness (QED) is 0.250. The molecule has 2 rings (SSSR count). The van der Waals surface area contributed by atoms with Gasteiger partial charge in [-0.05, 0) is 44.9 Å². The molecule has 148 valence electrons. The highest BCUT2D eigenvalue weighted by Gasteiger charge is 2.16. The molecule has 0 aromatic heterocycles. The third-order valence-electron chi connectivity index (χ3n) is 4.52. The van der Waals surface area contributed by atoms with Crippen molar-refractivity contribution < 1.29 is 0 Å². The number of unbranched alkanes of at least 4 members (excludes halogenated alkanes) is 1. The van der Waals surface area contributed by atoms with Crippen LogP contribution >= 0.6 is 24.0 Å². The number of piperazine rings is 1. The Balaban J connectivity index is 0.00000338. The summed E-state index contributed by atoms with van der Waals surface area (Å²) in [6, 6.07) is 10.8. The van der Waals surface area contributed by atoms with Gasteiger partial charge in [0.2, 0.25) is 0 Å². The molecule has 0 spiro atoms. The maximum Gasteiger partial charge on any atom is 0.191 e. The molecule has 6 heteroatoms. The van der Waals surface area contributed by atoms with Crippen molar-refractivity contribution in [3.63, 3.8) is 0 Å². The fourth-order valence-corrected chi connectivity index (χ4v) is 3.10. The van der Waals surface area contributed by atoms with E-state index >= 15 is 0 Å². The maximum absolute atomic E-state index is 4.54. The Morgan fingerprint density at radius 2 is 1.73 bits per heavy atom. The molecule has 1 aliphatic rings. The van der Waals surface area contributed by atoms with Gasteiger partial charge in [0.05, 0.1) is 0 Å². The molecule has 0 saturated carbocycles. The van der Waals surface area contributed by atoms with E-state index in [1.807, 2.05) is 0 Å². The molecule has 26 heavy (non-hydrogen) atoms. The first-order valence-corrected chi connectivity index (χ1v) is 9.88. The Morgan fingerprint density at radius 3 is 2.38 bits per heavy atom. The van der Waals surface area contributed by atoms with Gasteiger partial charge in [-0.2, -0.15) is 0 Å². The Hall–Kier alpha value is -1.02. The molecule has 0 unspecified atom stereocenters. The number of aliphatic imine (C=N–C) groups is 1. The Labute approximate surface area is 176 Å². The lowest BCUT2D eigenvalue weighted by Gasteiger charge is -2.36. The molecule has 0 aliphatic carbocycles. The second-order valence-corrected chi connectivity index (χ2v) is 6.56. The monoisotopic (exact) mass is 473 g/mol. The zero-order valence-corrected chi connectivity index (χ0v) is 18.7. The van der Waals surface area contributed by atoms with Crippen molar-refractivity contribution in [2.24, 2.45) is 4.99 Å². The van der Waals surface area contributed by atoms with Gasteiger partial charge in [-0.15, -0.1) is 24.0 Å². The van der Waals surface area contributed by atoms with Crippen LogP contribution in [0.1, 0.15) is 33.1 Å². The van der Waals surface area contributed by atoms with Gasteiger partial charge in [-0.3, -0.25) is 9.89 Å². The Morgan fingerprint density at radius 1 is 1.00 bits per heavy atom. The lowest BCUT2D eigenvalue weighted by molar-refractivity contribution is 0.253. The molecule has 0 amide bonds. The predicted molar refractivity (Wildman–Crippen MR) is 124 cm³/mol. The van der Waals surface area contributed by atoms with E-state index in [1.165, 1.54) is 38.2 Å². The number of halogens is 1. The third-order valence-corrected chi connectivity index (χ3v) is 4.52. The zero-order chi connectivity index (χ0) is 17.7. The summed E-state index contributed by atoms with van der Waals surface area (Å²) in [6.07, 6.45) is 3.52. The van der Waals surface area contributed by atoms with Crippen molar-refractivity contribution in [1.82, 2.24) is 15.5 Å². The van der Waals surface area contributed by atoms with E-state index in [1.54, 1.807) is 0 Å². The van der Waals surface area contributed by atoms with Gasteiger partial charge >= 0.3 is 0 Å². The molecule has 2 N–H and O–H groups in total. The molecule has 5 nitrogen and oxygen atoms in total. The summed E-state index contributed by atoms with van der Waals surface area (Å²) in [6.45, 7) is 12.9. The van der Waals surface area contributed by atoms with Crippen molar-refractivity contribution in [1.29, 1.82) is 0 Å². The first-order chi connectivity index (χ1) is 12.3. The minimum atomic E-state index is 0. The van der Waals surface area contributed by atoms with E-state index < -0.39 is 0 Å². The largest absolute Gasteiger partial charge is 0.369 e. The summed E-state index contributed by atoms with van der Waals surface area (Å²) in [4.78, 5) is 9.62. The first-order valence-electron chi connectivity index (χ1n) is 9.88. The van der Waals surface area contributed by atoms with Gasteiger partial charge in [0.1, 0.15) is 0 Å². The summed E-state index contributed by atoms with van der Waals surface area (Å²) < 4.78 is 0. The Kier molecular flexibility index (Phi) is 12.5. The average molecular weight is 473 g/mol. The molecule has 1 aromatic carbocycles. The van der Waals surface area contributed by atoms with Crippen LogP contribution in [-0.2, 0) is 0 Å². The SMILES string of the molecule is CCCN=C(NCC)NCCCCN1CCN(c2ccccc2)CC1.I. The Bertz CT molecular complexity index is 486. The van der Waals surface area contributed by atoms with E-state index in [2.05, 4.69) is 69.6 Å². The molecule has 1 saturated heterocycles. The number of guanidine groups is 1. The highest BCUT2D eigenvalue weighted by molar-refractivity contribution is 14.0. The van der Waals surface area contributed by atoms with Crippen LogP contribution in [0.2, 0.25) is 0 Å². The van der Waals surface area contributed by atoms with Crippen LogP contribution in [0.15, 0.2) is 35.3 Å². The summed E-state index contributed by atoms with van der Waals surface area (Å²) >= 11 is 0. The lowest BCUT2D eigenvalue weighted by Crippen LogP contribution is -2.46. The molecule has 1 aliphatic heterocycles. The van der Waals surface area contributed by atoms with Gasteiger partial charge < -0.3 is 15.5 Å². The summed E-state index contributed by atoms with van der Waals surface area (Å²) in [5, 5.41) is 6.73. The van der Waals surface area contributed by atoms with Gasteiger partial charge in [-0.25, -0.2) is 0 Å². The van der Waals surface area contributed by atoms with Crippen LogP contribution in [0.4, 0.5) is 5.69 Å². The fraction of sp³-hybridized carbons (Fsp3) is 0.650. The van der Waals surface area contributed by atoms with Crippen molar-refractivity contribution in [3.8, 4) is 0 Å². The van der Waals surface area contributed by atoms with Crippen LogP contribution < -0.4 is 15.5 Å². The summed E-state index contributed by atoms with van der Waals surface area (Å²) in [5.74, 6) is 0.959. The number of para-hydroxylation sites is 1. The average Bonchev–Trinajstić information content (AvgIpc) is 2.67.